The molecule has 32 heavy (non-hydrogen) atoms. The van der Waals surface area contributed by atoms with Gasteiger partial charge >= 0.3 is 192 Å². The van der Waals surface area contributed by atoms with Crippen LogP contribution in [-0.2, 0) is 44.9 Å². The maximum Gasteiger partial charge on any atom is -1.00 e. The van der Waals surface area contributed by atoms with E-state index in [0.29, 0.717) is 0 Å². The third kappa shape index (κ3) is 4.87. The summed E-state index contributed by atoms with van der Waals surface area (Å²) in [5, 5.41) is 0. The van der Waals surface area contributed by atoms with Crippen molar-refractivity contribution < 1.29 is 46.1 Å². The molecule has 170 valence electrons. The molecule has 0 fully saturated rings. The minimum absolute atomic E-state index is 0. The van der Waals surface area contributed by atoms with Gasteiger partial charge in [0.05, 0.1) is 0 Å². The van der Waals surface area contributed by atoms with Crippen molar-refractivity contribution in [2.75, 3.05) is 0 Å². The summed E-state index contributed by atoms with van der Waals surface area (Å²) in [6, 6.07) is 9.35. The summed E-state index contributed by atoms with van der Waals surface area (Å²) in [5.74, 6) is 0. The molecule has 2 aliphatic carbocycles. The van der Waals surface area contributed by atoms with E-state index < -0.39 is 21.3 Å². The molecule has 0 heterocycles. The topological polar surface area (TPSA) is 0 Å². The molecular formula is C29H36Cl2Zr. The van der Waals surface area contributed by atoms with Crippen LogP contribution in [0.5, 0.6) is 0 Å². The molecule has 0 radical (unpaired) electrons. The molecule has 4 rings (SSSR count). The fraction of sp³-hybridized carbons (Fsp3) is 0.414. The first-order chi connectivity index (χ1) is 13.9. The number of hydrogen-bond acceptors (Lipinski definition) is 0. The van der Waals surface area contributed by atoms with Gasteiger partial charge in [-0.25, -0.2) is 0 Å². The van der Waals surface area contributed by atoms with Crippen LogP contribution in [0.25, 0.3) is 12.2 Å². The van der Waals surface area contributed by atoms with E-state index in [2.05, 4.69) is 91.8 Å². The van der Waals surface area contributed by atoms with Crippen molar-refractivity contribution in [3.63, 3.8) is 0 Å². The minimum Gasteiger partial charge on any atom is -1.00 e. The first-order valence-electron chi connectivity index (χ1n) is 11.2. The van der Waals surface area contributed by atoms with Gasteiger partial charge in [0.2, 0.25) is 0 Å². The molecule has 0 nitrogen and oxygen atoms in total. The number of halogens is 2. The van der Waals surface area contributed by atoms with Crippen LogP contribution in [0.4, 0.5) is 0 Å². The van der Waals surface area contributed by atoms with E-state index in [-0.39, 0.29) is 35.6 Å². The van der Waals surface area contributed by atoms with Crippen LogP contribution in [-0.4, -0.2) is 4.21 Å². The van der Waals surface area contributed by atoms with Gasteiger partial charge in [0.15, 0.2) is 0 Å². The molecule has 2 aliphatic rings. The van der Waals surface area contributed by atoms with Gasteiger partial charge in [-0.1, -0.05) is 0 Å². The van der Waals surface area contributed by atoms with Crippen molar-refractivity contribution in [2.45, 2.75) is 79.1 Å². The standard InChI is InChI=1S/2C14H17.CH2.2ClH.Zr/c2*1-10-8-9-13(14(2,3)4)12-7-5-6-11(10)12;;;;/h2*7-9H,6H2,1-4H3;1H2;2*1H;/q;;;;;+2/p-2. The number of aryl methyl sites for hydroxylation is 2. The van der Waals surface area contributed by atoms with Crippen LogP contribution in [0.15, 0.2) is 30.8 Å². The molecule has 0 aromatic heterocycles. The van der Waals surface area contributed by atoms with Crippen molar-refractivity contribution in [1.29, 1.82) is 0 Å². The molecule has 2 aromatic carbocycles. The van der Waals surface area contributed by atoms with E-state index in [1.807, 2.05) is 0 Å². The molecule has 0 aliphatic heterocycles. The molecule has 3 heteroatoms. The van der Waals surface area contributed by atoms with Crippen molar-refractivity contribution >= 4 is 16.4 Å². The fourth-order valence-electron chi connectivity index (χ4n) is 5.08. The average Bonchev–Trinajstić information content (AvgIpc) is 3.25. The van der Waals surface area contributed by atoms with E-state index in [1.54, 1.807) is 17.7 Å². The second-order valence-corrected chi connectivity index (χ2v) is 16.8. The number of rotatable bonds is 2. The Bertz CT molecular complexity index is 1050. The van der Waals surface area contributed by atoms with Gasteiger partial charge in [0, 0.05) is 0 Å². The monoisotopic (exact) mass is 544 g/mol. The summed E-state index contributed by atoms with van der Waals surface area (Å²) in [6.07, 6.45) is 7.35. The van der Waals surface area contributed by atoms with Crippen molar-refractivity contribution in [3.8, 4) is 0 Å². The van der Waals surface area contributed by atoms with Gasteiger partial charge in [-0.2, -0.15) is 0 Å². The van der Waals surface area contributed by atoms with Crippen molar-refractivity contribution in [2.24, 2.45) is 0 Å². The normalized spacial score (nSPS) is 14.3. The Hall–Kier alpha value is -0.747. The smallest absolute Gasteiger partial charge is 1.00 e. The van der Waals surface area contributed by atoms with Crippen LogP contribution < -0.4 is 24.8 Å². The molecule has 0 N–H and O–H groups in total. The van der Waals surface area contributed by atoms with Gasteiger partial charge in [-0.15, -0.1) is 0 Å². The van der Waals surface area contributed by atoms with Crippen molar-refractivity contribution in [1.82, 2.24) is 0 Å². The largest absolute Gasteiger partial charge is 1.00 e. The Labute approximate surface area is 215 Å². The van der Waals surface area contributed by atoms with Crippen LogP contribution >= 0.6 is 0 Å². The van der Waals surface area contributed by atoms with Gasteiger partial charge in [0.25, 0.3) is 0 Å². The third-order valence-corrected chi connectivity index (χ3v) is 12.3. The summed E-state index contributed by atoms with van der Waals surface area (Å²) in [4.78, 5) is 0. The Morgan fingerprint density at radius 2 is 1.00 bits per heavy atom. The van der Waals surface area contributed by atoms with Crippen LogP contribution in [0.3, 0.4) is 0 Å². The Morgan fingerprint density at radius 1 is 0.656 bits per heavy atom. The minimum atomic E-state index is -2.08. The number of hydrogen-bond donors (Lipinski definition) is 0. The summed E-state index contributed by atoms with van der Waals surface area (Å²) in [6.45, 7) is 18.6. The van der Waals surface area contributed by atoms with Gasteiger partial charge < -0.3 is 24.8 Å². The zero-order valence-electron chi connectivity index (χ0n) is 20.8. The molecule has 0 saturated heterocycles. The van der Waals surface area contributed by atoms with E-state index >= 15 is 0 Å². The van der Waals surface area contributed by atoms with Crippen LogP contribution in [0.2, 0.25) is 0 Å². The molecule has 0 bridgehead atoms. The Morgan fingerprint density at radius 3 is 1.31 bits per heavy atom. The molecule has 0 atom stereocenters. The molecule has 2 aromatic rings. The summed E-state index contributed by atoms with van der Waals surface area (Å²) in [7, 11) is 0. The van der Waals surface area contributed by atoms with Gasteiger partial charge in [0.1, 0.15) is 0 Å². The second-order valence-electron chi connectivity index (χ2n) is 11.3. The third-order valence-electron chi connectivity index (χ3n) is 6.95. The maximum absolute atomic E-state index is 4.87. The van der Waals surface area contributed by atoms with E-state index in [1.165, 1.54) is 33.4 Å². The Kier molecular flexibility index (Phi) is 8.15. The predicted molar refractivity (Wildman–Crippen MR) is 130 cm³/mol. The zero-order valence-corrected chi connectivity index (χ0v) is 24.8. The Balaban J connectivity index is 0.00000181. The fourth-order valence-corrected chi connectivity index (χ4v) is 9.58. The SMILES string of the molecule is [CH2]=[Zr+2]([C]1=Cc2c(C(C)(C)C)ccc(C)c2C1)[C]1=Cc2c(C(C)(C)C)ccc(C)c2C1.[Cl-].[Cl-]. The molecule has 0 spiro atoms. The van der Waals surface area contributed by atoms with Crippen LogP contribution in [0.1, 0.15) is 86.1 Å². The summed E-state index contributed by atoms with van der Waals surface area (Å²) >= 11 is -2.08. The quantitative estimate of drug-likeness (QED) is 0.535. The van der Waals surface area contributed by atoms with E-state index in [4.69, 9.17) is 4.21 Å². The molecule has 0 unspecified atom stereocenters. The van der Waals surface area contributed by atoms with E-state index in [9.17, 15) is 0 Å². The summed E-state index contributed by atoms with van der Waals surface area (Å²) in [5.41, 5.74) is 12.3. The van der Waals surface area contributed by atoms with E-state index in [0.717, 1.165) is 12.8 Å². The maximum atomic E-state index is 4.87. The van der Waals surface area contributed by atoms with Crippen molar-refractivity contribution in [3.05, 3.63) is 75.3 Å². The molecule has 0 amide bonds. The second kappa shape index (κ2) is 9.48. The number of benzene rings is 2. The number of fused-ring (bicyclic) bond motifs is 2. The summed E-state index contributed by atoms with van der Waals surface area (Å²) < 4.78 is 8.21. The molecular weight excluding hydrogens is 510 g/mol. The average molecular weight is 547 g/mol. The predicted octanol–water partition coefficient (Wildman–Crippen LogP) is 1.45. The molecule has 0 saturated carbocycles. The first-order valence-corrected chi connectivity index (χ1v) is 15.4. The van der Waals surface area contributed by atoms with Gasteiger partial charge in [-0.3, -0.25) is 0 Å². The van der Waals surface area contributed by atoms with Gasteiger partial charge in [-0.05, 0) is 0 Å². The zero-order chi connectivity index (χ0) is 22.0. The number of allylic oxidation sites excluding steroid dienone is 2. The first kappa shape index (κ1) is 27.5. The van der Waals surface area contributed by atoms with Crippen LogP contribution in [0, 0.1) is 13.8 Å².